The fourth-order valence-corrected chi connectivity index (χ4v) is 1.65. The number of rotatable bonds is 5. The van der Waals surface area contributed by atoms with Crippen molar-refractivity contribution in [3.05, 3.63) is 34.9 Å². The van der Waals surface area contributed by atoms with Gasteiger partial charge in [-0.05, 0) is 18.6 Å². The Labute approximate surface area is 125 Å². The first-order valence-corrected chi connectivity index (χ1v) is 6.88. The standard InChI is InChI=1S/C14H21ClN4O/c1-4-16-14(18-10-13(20)19(2)3)17-9-11-7-5-6-8-12(11)15/h5-8H,4,9-10H2,1-3H3,(H2,16,17,18). The minimum Gasteiger partial charge on any atom is -0.357 e. The summed E-state index contributed by atoms with van der Waals surface area (Å²) in [6.07, 6.45) is 0. The lowest BCUT2D eigenvalue weighted by atomic mass is 10.2. The van der Waals surface area contributed by atoms with Crippen molar-refractivity contribution in [3.8, 4) is 0 Å². The van der Waals surface area contributed by atoms with E-state index in [2.05, 4.69) is 15.6 Å². The molecule has 110 valence electrons. The molecule has 0 aliphatic rings. The lowest BCUT2D eigenvalue weighted by molar-refractivity contribution is -0.127. The molecule has 0 atom stereocenters. The highest BCUT2D eigenvalue weighted by Crippen LogP contribution is 2.15. The molecule has 1 aromatic carbocycles. The van der Waals surface area contributed by atoms with Gasteiger partial charge >= 0.3 is 0 Å². The Balaban J connectivity index is 2.63. The predicted molar refractivity (Wildman–Crippen MR) is 83.0 cm³/mol. The zero-order valence-corrected chi connectivity index (χ0v) is 12.9. The molecule has 2 N–H and O–H groups in total. The highest BCUT2D eigenvalue weighted by atomic mass is 35.5. The summed E-state index contributed by atoms with van der Waals surface area (Å²) in [5.74, 6) is 0.593. The quantitative estimate of drug-likeness (QED) is 0.639. The van der Waals surface area contributed by atoms with Crippen LogP contribution in [-0.4, -0.2) is 44.0 Å². The van der Waals surface area contributed by atoms with E-state index in [0.717, 1.165) is 12.1 Å². The van der Waals surface area contributed by atoms with Crippen molar-refractivity contribution in [1.82, 2.24) is 15.5 Å². The average Bonchev–Trinajstić information content (AvgIpc) is 2.43. The molecule has 6 heteroatoms. The van der Waals surface area contributed by atoms with Crippen LogP contribution in [-0.2, 0) is 11.3 Å². The second-order valence-electron chi connectivity index (χ2n) is 4.43. The first-order valence-electron chi connectivity index (χ1n) is 6.50. The SMILES string of the molecule is CCNC(=NCc1ccccc1Cl)NCC(=O)N(C)C. The van der Waals surface area contributed by atoms with Gasteiger partial charge in [-0.3, -0.25) is 4.79 Å². The minimum atomic E-state index is -0.00616. The van der Waals surface area contributed by atoms with E-state index in [1.807, 2.05) is 31.2 Å². The van der Waals surface area contributed by atoms with Gasteiger partial charge in [0.1, 0.15) is 0 Å². The number of guanidine groups is 1. The molecular weight excluding hydrogens is 276 g/mol. The summed E-state index contributed by atoms with van der Waals surface area (Å²) in [5.41, 5.74) is 0.949. The van der Waals surface area contributed by atoms with Crippen LogP contribution in [0.5, 0.6) is 0 Å². The monoisotopic (exact) mass is 296 g/mol. The molecule has 0 aromatic heterocycles. The van der Waals surface area contributed by atoms with Crippen LogP contribution in [0.3, 0.4) is 0 Å². The van der Waals surface area contributed by atoms with Gasteiger partial charge in [-0.1, -0.05) is 29.8 Å². The third-order valence-electron chi connectivity index (χ3n) is 2.62. The van der Waals surface area contributed by atoms with Crippen molar-refractivity contribution in [2.45, 2.75) is 13.5 Å². The van der Waals surface area contributed by atoms with E-state index in [4.69, 9.17) is 11.6 Å². The van der Waals surface area contributed by atoms with E-state index in [1.54, 1.807) is 14.1 Å². The largest absolute Gasteiger partial charge is 0.357 e. The van der Waals surface area contributed by atoms with Gasteiger partial charge < -0.3 is 15.5 Å². The number of amides is 1. The summed E-state index contributed by atoms with van der Waals surface area (Å²) < 4.78 is 0. The second-order valence-corrected chi connectivity index (χ2v) is 4.84. The third-order valence-corrected chi connectivity index (χ3v) is 2.98. The van der Waals surface area contributed by atoms with E-state index in [0.29, 0.717) is 17.5 Å². The van der Waals surface area contributed by atoms with E-state index in [-0.39, 0.29) is 12.5 Å². The zero-order chi connectivity index (χ0) is 15.0. The Hall–Kier alpha value is -1.75. The van der Waals surface area contributed by atoms with Crippen LogP contribution in [0.15, 0.2) is 29.3 Å². The molecule has 0 aliphatic heterocycles. The first-order chi connectivity index (χ1) is 9.54. The fraction of sp³-hybridized carbons (Fsp3) is 0.429. The van der Waals surface area contributed by atoms with E-state index in [1.165, 1.54) is 4.90 Å². The molecule has 0 radical (unpaired) electrons. The van der Waals surface area contributed by atoms with Crippen LogP contribution in [0, 0.1) is 0 Å². The van der Waals surface area contributed by atoms with Crippen molar-refractivity contribution >= 4 is 23.5 Å². The molecule has 20 heavy (non-hydrogen) atoms. The number of nitrogens with one attached hydrogen (secondary N) is 2. The fourth-order valence-electron chi connectivity index (χ4n) is 1.45. The average molecular weight is 297 g/mol. The summed E-state index contributed by atoms with van der Waals surface area (Å²) in [6.45, 7) is 3.37. The van der Waals surface area contributed by atoms with Crippen LogP contribution >= 0.6 is 11.6 Å². The molecular formula is C14H21ClN4O. The van der Waals surface area contributed by atoms with E-state index >= 15 is 0 Å². The lowest BCUT2D eigenvalue weighted by Crippen LogP contribution is -2.42. The number of carbonyl (C=O) groups excluding carboxylic acids is 1. The maximum absolute atomic E-state index is 11.5. The molecule has 5 nitrogen and oxygen atoms in total. The number of carbonyl (C=O) groups is 1. The molecule has 0 unspecified atom stereocenters. The van der Waals surface area contributed by atoms with Crippen LogP contribution in [0.4, 0.5) is 0 Å². The molecule has 0 spiro atoms. The van der Waals surface area contributed by atoms with Gasteiger partial charge in [-0.15, -0.1) is 0 Å². The number of likely N-dealkylation sites (N-methyl/N-ethyl adjacent to an activating group) is 1. The highest BCUT2D eigenvalue weighted by Gasteiger charge is 2.05. The highest BCUT2D eigenvalue weighted by molar-refractivity contribution is 6.31. The van der Waals surface area contributed by atoms with Crippen molar-refractivity contribution in [3.63, 3.8) is 0 Å². The maximum atomic E-state index is 11.5. The summed E-state index contributed by atoms with van der Waals surface area (Å²) in [7, 11) is 3.44. The summed E-state index contributed by atoms with van der Waals surface area (Å²) in [6, 6.07) is 7.57. The molecule has 1 amide bonds. The zero-order valence-electron chi connectivity index (χ0n) is 12.1. The van der Waals surface area contributed by atoms with Gasteiger partial charge in [-0.2, -0.15) is 0 Å². The van der Waals surface area contributed by atoms with Crippen LogP contribution < -0.4 is 10.6 Å². The van der Waals surface area contributed by atoms with Crippen molar-refractivity contribution in [2.75, 3.05) is 27.2 Å². The summed E-state index contributed by atoms with van der Waals surface area (Å²) in [5, 5.41) is 6.78. The second kappa shape index (κ2) is 8.43. The van der Waals surface area contributed by atoms with Crippen LogP contribution in [0.1, 0.15) is 12.5 Å². The number of hydrogen-bond acceptors (Lipinski definition) is 2. The van der Waals surface area contributed by atoms with Crippen LogP contribution in [0.2, 0.25) is 5.02 Å². The predicted octanol–water partition coefficient (Wildman–Crippen LogP) is 1.48. The number of benzene rings is 1. The van der Waals surface area contributed by atoms with Gasteiger partial charge in [0.2, 0.25) is 5.91 Å². The Kier molecular flexibility index (Phi) is 6.87. The number of halogens is 1. The number of nitrogens with zero attached hydrogens (tertiary/aromatic N) is 2. The molecule has 0 fully saturated rings. The first kappa shape index (κ1) is 16.3. The number of aliphatic imine (C=N–C) groups is 1. The number of hydrogen-bond donors (Lipinski definition) is 2. The summed E-state index contributed by atoms with van der Waals surface area (Å²) >= 11 is 6.08. The third kappa shape index (κ3) is 5.48. The van der Waals surface area contributed by atoms with Gasteiger partial charge in [0.15, 0.2) is 5.96 Å². The molecule has 0 heterocycles. The summed E-state index contributed by atoms with van der Waals surface area (Å²) in [4.78, 5) is 17.5. The molecule has 0 saturated carbocycles. The van der Waals surface area contributed by atoms with Gasteiger partial charge in [0.25, 0.3) is 0 Å². The maximum Gasteiger partial charge on any atom is 0.241 e. The normalized spacial score (nSPS) is 11.1. The Bertz CT molecular complexity index is 474. The van der Waals surface area contributed by atoms with Crippen molar-refractivity contribution < 1.29 is 4.79 Å². The Morgan fingerprint density at radius 2 is 2.00 bits per heavy atom. The lowest BCUT2D eigenvalue weighted by Gasteiger charge is -2.14. The molecule has 0 aliphatic carbocycles. The van der Waals surface area contributed by atoms with Crippen molar-refractivity contribution in [2.24, 2.45) is 4.99 Å². The van der Waals surface area contributed by atoms with Gasteiger partial charge in [-0.25, -0.2) is 4.99 Å². The van der Waals surface area contributed by atoms with Crippen LogP contribution in [0.25, 0.3) is 0 Å². The van der Waals surface area contributed by atoms with Crippen molar-refractivity contribution in [1.29, 1.82) is 0 Å². The van der Waals surface area contributed by atoms with Gasteiger partial charge in [0, 0.05) is 25.7 Å². The molecule has 0 saturated heterocycles. The molecule has 0 bridgehead atoms. The van der Waals surface area contributed by atoms with E-state index < -0.39 is 0 Å². The Morgan fingerprint density at radius 1 is 1.30 bits per heavy atom. The van der Waals surface area contributed by atoms with E-state index in [9.17, 15) is 4.79 Å². The smallest absolute Gasteiger partial charge is 0.241 e. The topological polar surface area (TPSA) is 56.7 Å². The molecule has 1 aromatic rings. The minimum absolute atomic E-state index is 0.00616. The Morgan fingerprint density at radius 3 is 2.60 bits per heavy atom. The van der Waals surface area contributed by atoms with Gasteiger partial charge in [0.05, 0.1) is 13.1 Å². The molecule has 1 rings (SSSR count).